The maximum atomic E-state index is 11.4. The van der Waals surface area contributed by atoms with Crippen molar-refractivity contribution >= 4 is 28.5 Å². The molecule has 0 bridgehead atoms. The summed E-state index contributed by atoms with van der Waals surface area (Å²) in [6.07, 6.45) is 0. The predicted octanol–water partition coefficient (Wildman–Crippen LogP) is 3.41. The molecule has 2 N–H and O–H groups in total. The fraction of sp³-hybridized carbons (Fsp3) is 0.312. The lowest BCUT2D eigenvalue weighted by atomic mass is 10.0. The third-order valence-corrected chi connectivity index (χ3v) is 5.26. The van der Waals surface area contributed by atoms with Crippen LogP contribution < -0.4 is 5.32 Å². The summed E-state index contributed by atoms with van der Waals surface area (Å²) in [4.78, 5) is 11.4. The summed E-state index contributed by atoms with van der Waals surface area (Å²) in [5.41, 5.74) is 1.16. The number of fused-ring (bicyclic) bond motifs is 1. The molecule has 20 heavy (non-hydrogen) atoms. The summed E-state index contributed by atoms with van der Waals surface area (Å²) in [6.45, 7) is 3.96. The highest BCUT2D eigenvalue weighted by Crippen LogP contribution is 2.47. The van der Waals surface area contributed by atoms with Gasteiger partial charge in [-0.15, -0.1) is 11.8 Å². The first-order valence-electron chi connectivity index (χ1n) is 6.63. The molecule has 3 nitrogen and oxygen atoms in total. The molecule has 0 amide bonds. The van der Waals surface area contributed by atoms with Crippen molar-refractivity contribution in [3.63, 3.8) is 0 Å². The van der Waals surface area contributed by atoms with Crippen LogP contribution in [0.15, 0.2) is 42.5 Å². The monoisotopic (exact) mass is 287 g/mol. The molecule has 0 unspecified atom stereocenters. The summed E-state index contributed by atoms with van der Waals surface area (Å²) in [7, 11) is 0. The van der Waals surface area contributed by atoms with Crippen LogP contribution in [0.2, 0.25) is 0 Å². The topological polar surface area (TPSA) is 49.3 Å². The van der Waals surface area contributed by atoms with Crippen molar-refractivity contribution in [3.8, 4) is 0 Å². The van der Waals surface area contributed by atoms with Gasteiger partial charge in [-0.05, 0) is 30.2 Å². The van der Waals surface area contributed by atoms with Gasteiger partial charge in [0.1, 0.15) is 6.04 Å². The second-order valence-corrected chi connectivity index (χ2v) is 7.37. The highest BCUT2D eigenvalue weighted by Gasteiger charge is 2.45. The molecule has 2 atom stereocenters. The van der Waals surface area contributed by atoms with Gasteiger partial charge in [0.15, 0.2) is 0 Å². The van der Waals surface area contributed by atoms with Gasteiger partial charge in [-0.2, -0.15) is 0 Å². The van der Waals surface area contributed by atoms with E-state index in [0.717, 1.165) is 5.56 Å². The number of benzene rings is 2. The Hall–Kier alpha value is -1.52. The molecule has 1 saturated heterocycles. The zero-order valence-electron chi connectivity index (χ0n) is 11.5. The minimum Gasteiger partial charge on any atom is -0.480 e. The summed E-state index contributed by atoms with van der Waals surface area (Å²) in [5.74, 6) is -0.787. The lowest BCUT2D eigenvalue weighted by molar-refractivity contribution is -0.139. The van der Waals surface area contributed by atoms with Crippen molar-refractivity contribution in [2.24, 2.45) is 0 Å². The van der Waals surface area contributed by atoms with Crippen LogP contribution in [-0.4, -0.2) is 21.9 Å². The maximum Gasteiger partial charge on any atom is 0.322 e. The Balaban J connectivity index is 2.03. The number of aliphatic carboxylic acids is 1. The molecule has 0 aromatic heterocycles. The van der Waals surface area contributed by atoms with Gasteiger partial charge in [-0.3, -0.25) is 10.1 Å². The number of rotatable bonds is 2. The average molecular weight is 287 g/mol. The average Bonchev–Trinajstić information content (AvgIpc) is 2.74. The van der Waals surface area contributed by atoms with Crippen molar-refractivity contribution in [3.05, 3.63) is 48.0 Å². The second kappa shape index (κ2) is 4.79. The molecule has 104 valence electrons. The molecule has 1 aliphatic heterocycles. The Morgan fingerprint density at radius 2 is 1.90 bits per heavy atom. The molecule has 3 rings (SSSR count). The van der Waals surface area contributed by atoms with E-state index in [1.807, 2.05) is 32.0 Å². The molecule has 2 aromatic rings. The normalized spacial score (nSPS) is 24.9. The number of carbonyl (C=O) groups is 1. The largest absolute Gasteiger partial charge is 0.480 e. The maximum absolute atomic E-state index is 11.4. The van der Waals surface area contributed by atoms with Crippen LogP contribution >= 0.6 is 11.8 Å². The third kappa shape index (κ3) is 2.19. The standard InChI is InChI=1S/C16H17NO2S/c1-16(2)13(15(18)19)17-14(20-16)12-9-5-7-10-6-3-4-8-11(10)12/h3-9,13-14,17H,1-2H3,(H,18,19)/t13-,14+/m1/s1. The van der Waals surface area contributed by atoms with Gasteiger partial charge in [-0.1, -0.05) is 42.5 Å². The first-order chi connectivity index (χ1) is 9.49. The molecular weight excluding hydrogens is 270 g/mol. The number of hydrogen-bond donors (Lipinski definition) is 2. The van der Waals surface area contributed by atoms with E-state index >= 15 is 0 Å². The predicted molar refractivity (Wildman–Crippen MR) is 82.9 cm³/mol. The van der Waals surface area contributed by atoms with Crippen LogP contribution in [0, 0.1) is 0 Å². The van der Waals surface area contributed by atoms with Gasteiger partial charge < -0.3 is 5.11 Å². The summed E-state index contributed by atoms with van der Waals surface area (Å²) >= 11 is 1.68. The van der Waals surface area contributed by atoms with Crippen molar-refractivity contribution in [1.29, 1.82) is 0 Å². The summed E-state index contributed by atoms with van der Waals surface area (Å²) < 4.78 is -0.326. The van der Waals surface area contributed by atoms with Crippen LogP contribution in [0.3, 0.4) is 0 Å². The highest BCUT2D eigenvalue weighted by atomic mass is 32.2. The Kier molecular flexibility index (Phi) is 3.22. The Bertz CT molecular complexity index is 663. The van der Waals surface area contributed by atoms with E-state index in [-0.39, 0.29) is 10.1 Å². The number of carboxylic acid groups (broad SMARTS) is 1. The fourth-order valence-corrected chi connectivity index (χ4v) is 4.21. The van der Waals surface area contributed by atoms with E-state index in [4.69, 9.17) is 0 Å². The molecule has 0 radical (unpaired) electrons. The SMILES string of the molecule is CC1(C)S[C@@H](c2cccc3ccccc23)N[C@@H]1C(=O)O. The van der Waals surface area contributed by atoms with Crippen molar-refractivity contribution in [2.45, 2.75) is 30.0 Å². The zero-order chi connectivity index (χ0) is 14.3. The third-order valence-electron chi connectivity index (χ3n) is 3.79. The van der Waals surface area contributed by atoms with Gasteiger partial charge in [-0.25, -0.2) is 0 Å². The van der Waals surface area contributed by atoms with Gasteiger partial charge >= 0.3 is 5.97 Å². The quantitative estimate of drug-likeness (QED) is 0.888. The lowest BCUT2D eigenvalue weighted by Crippen LogP contribution is -2.43. The molecule has 2 aromatic carbocycles. The van der Waals surface area contributed by atoms with E-state index < -0.39 is 12.0 Å². The number of carboxylic acids is 1. The number of thioether (sulfide) groups is 1. The van der Waals surface area contributed by atoms with Crippen LogP contribution in [0.4, 0.5) is 0 Å². The first-order valence-corrected chi connectivity index (χ1v) is 7.51. The van der Waals surface area contributed by atoms with Crippen LogP contribution in [-0.2, 0) is 4.79 Å². The van der Waals surface area contributed by atoms with Crippen molar-refractivity contribution < 1.29 is 9.90 Å². The molecule has 1 aliphatic rings. The molecule has 0 spiro atoms. The number of nitrogens with one attached hydrogen (secondary N) is 1. The van der Waals surface area contributed by atoms with E-state index in [2.05, 4.69) is 29.6 Å². The smallest absolute Gasteiger partial charge is 0.322 e. The Morgan fingerprint density at radius 3 is 2.60 bits per heavy atom. The molecule has 1 heterocycles. The zero-order valence-corrected chi connectivity index (χ0v) is 12.3. The van der Waals surface area contributed by atoms with E-state index in [1.165, 1.54) is 10.8 Å². The Labute approximate surface area is 122 Å². The van der Waals surface area contributed by atoms with Gasteiger partial charge in [0.25, 0.3) is 0 Å². The minimum absolute atomic E-state index is 0.0113. The van der Waals surface area contributed by atoms with E-state index in [9.17, 15) is 9.90 Å². The van der Waals surface area contributed by atoms with E-state index in [0.29, 0.717) is 0 Å². The Morgan fingerprint density at radius 1 is 1.20 bits per heavy atom. The van der Waals surface area contributed by atoms with Gasteiger partial charge in [0.2, 0.25) is 0 Å². The van der Waals surface area contributed by atoms with Gasteiger partial charge in [0, 0.05) is 4.75 Å². The van der Waals surface area contributed by atoms with Crippen molar-refractivity contribution in [1.82, 2.24) is 5.32 Å². The lowest BCUT2D eigenvalue weighted by Gasteiger charge is -2.20. The highest BCUT2D eigenvalue weighted by molar-refractivity contribution is 8.01. The molecular formula is C16H17NO2S. The minimum atomic E-state index is -0.787. The van der Waals surface area contributed by atoms with Crippen molar-refractivity contribution in [2.75, 3.05) is 0 Å². The summed E-state index contributed by atoms with van der Waals surface area (Å²) in [6, 6.07) is 13.9. The second-order valence-electron chi connectivity index (χ2n) is 5.61. The van der Waals surface area contributed by atoms with Crippen LogP contribution in [0.1, 0.15) is 24.8 Å². The summed E-state index contributed by atoms with van der Waals surface area (Å²) in [5, 5.41) is 15.0. The van der Waals surface area contributed by atoms with Crippen LogP contribution in [0.5, 0.6) is 0 Å². The number of hydrogen-bond acceptors (Lipinski definition) is 3. The fourth-order valence-electron chi connectivity index (χ4n) is 2.76. The molecule has 4 heteroatoms. The first kappa shape index (κ1) is 13.5. The van der Waals surface area contributed by atoms with Gasteiger partial charge in [0.05, 0.1) is 5.37 Å². The van der Waals surface area contributed by atoms with E-state index in [1.54, 1.807) is 11.8 Å². The molecule has 0 aliphatic carbocycles. The molecule has 0 saturated carbocycles. The molecule has 1 fully saturated rings. The van der Waals surface area contributed by atoms with Crippen LogP contribution in [0.25, 0.3) is 10.8 Å².